The molecule has 2 unspecified atom stereocenters. The Kier molecular flexibility index (Phi) is 9.19. The van der Waals surface area contributed by atoms with Crippen molar-refractivity contribution in [1.82, 2.24) is 19.8 Å². The molecular weight excluding hydrogens is 635 g/mol. The van der Waals surface area contributed by atoms with E-state index in [4.69, 9.17) is 10.5 Å². The average molecular weight is 671 g/mol. The summed E-state index contributed by atoms with van der Waals surface area (Å²) in [6, 6.07) is 11.3. The Morgan fingerprint density at radius 1 is 1.17 bits per heavy atom. The zero-order chi connectivity index (χ0) is 34.3. The van der Waals surface area contributed by atoms with E-state index in [-0.39, 0.29) is 44.8 Å². The quantitative estimate of drug-likeness (QED) is 0.262. The molecule has 5 heterocycles. The van der Waals surface area contributed by atoms with Crippen LogP contribution in [0.3, 0.4) is 0 Å². The summed E-state index contributed by atoms with van der Waals surface area (Å²) < 4.78 is 32.9. The number of benzene rings is 2. The zero-order valence-corrected chi connectivity index (χ0v) is 27.9. The molecule has 3 aliphatic heterocycles. The van der Waals surface area contributed by atoms with Crippen LogP contribution in [0.25, 0.3) is 32.1 Å². The summed E-state index contributed by atoms with van der Waals surface area (Å²) in [6.07, 6.45) is 4.85. The highest BCUT2D eigenvalue weighted by Gasteiger charge is 2.37. The monoisotopic (exact) mass is 670 g/mol. The van der Waals surface area contributed by atoms with Crippen molar-refractivity contribution in [3.05, 3.63) is 53.9 Å². The minimum absolute atomic E-state index is 0.0504. The molecule has 3 aliphatic rings. The minimum Gasteiger partial charge on any atom is -0.467 e. The fourth-order valence-corrected chi connectivity index (χ4v) is 8.38. The van der Waals surface area contributed by atoms with E-state index in [9.17, 15) is 24.1 Å². The average Bonchev–Trinajstić information content (AvgIpc) is 3.86. The molecule has 0 saturated carbocycles. The Bertz CT molecular complexity index is 1990. The number of nitrogen functional groups attached to an aromatic ring is 1. The summed E-state index contributed by atoms with van der Waals surface area (Å²) >= 11 is 0.997. The van der Waals surface area contributed by atoms with Crippen LogP contribution in [0, 0.1) is 28.5 Å². The number of carbonyl (C=O) groups is 1. The van der Waals surface area contributed by atoms with Crippen LogP contribution in [-0.2, 0) is 4.79 Å². The highest BCUT2D eigenvalue weighted by molar-refractivity contribution is 7.23. The third kappa shape index (κ3) is 5.67. The summed E-state index contributed by atoms with van der Waals surface area (Å²) in [4.78, 5) is 27.5. The van der Waals surface area contributed by atoms with Gasteiger partial charge in [0.25, 0.3) is 0 Å². The predicted octanol–water partition coefficient (Wildman–Crippen LogP) is 5.79. The van der Waals surface area contributed by atoms with Gasteiger partial charge in [-0.2, -0.15) is 20.5 Å². The number of carbonyl (C=O) groups excluding carboxylic acids is 1. The summed E-state index contributed by atoms with van der Waals surface area (Å²) in [6.45, 7) is 8.02. The lowest BCUT2D eigenvalue weighted by Gasteiger charge is -2.32. The molecule has 13 heteroatoms. The molecule has 10 nitrogen and oxygen atoms in total. The predicted molar refractivity (Wildman–Crippen MR) is 183 cm³/mol. The lowest BCUT2D eigenvalue weighted by molar-refractivity contribution is -0.126. The Labute approximate surface area is 281 Å². The Morgan fingerprint density at radius 3 is 2.60 bits per heavy atom. The number of likely N-dealkylation sites (tertiary alicyclic amines) is 1. The second kappa shape index (κ2) is 13.3. The van der Waals surface area contributed by atoms with Gasteiger partial charge < -0.3 is 20.3 Å². The molecule has 4 atom stereocenters. The molecule has 3 fully saturated rings. The van der Waals surface area contributed by atoms with E-state index in [1.807, 2.05) is 18.9 Å². The van der Waals surface area contributed by atoms with Crippen molar-refractivity contribution in [2.45, 2.75) is 56.9 Å². The van der Waals surface area contributed by atoms with Crippen LogP contribution in [-0.4, -0.2) is 83.8 Å². The molecule has 2 N–H and O–H groups in total. The Morgan fingerprint density at radius 2 is 1.92 bits per heavy atom. The van der Waals surface area contributed by atoms with Crippen LogP contribution in [0.1, 0.15) is 43.7 Å². The number of nitrogens with two attached hydrogens (primary N) is 1. The second-order valence-corrected chi connectivity index (χ2v) is 13.4. The van der Waals surface area contributed by atoms with Crippen molar-refractivity contribution in [1.29, 1.82) is 10.5 Å². The molecule has 2 aromatic carbocycles. The summed E-state index contributed by atoms with van der Waals surface area (Å²) in [5, 5.41) is 21.3. The van der Waals surface area contributed by atoms with Crippen molar-refractivity contribution in [2.24, 2.45) is 0 Å². The molecule has 7 rings (SSSR count). The third-order valence-corrected chi connectivity index (χ3v) is 10.8. The number of fused-ring (bicyclic) bond motifs is 3. The molecule has 2 aromatic heterocycles. The molecule has 248 valence electrons. The number of alkyl halides is 1. The molecular formula is C35H36F2N8O2S. The van der Waals surface area contributed by atoms with Gasteiger partial charge in [-0.05, 0) is 62.9 Å². The van der Waals surface area contributed by atoms with E-state index in [0.717, 1.165) is 30.7 Å². The first-order valence-electron chi connectivity index (χ1n) is 15.9. The van der Waals surface area contributed by atoms with Crippen LogP contribution in [0.15, 0.2) is 36.9 Å². The number of thiophene rings is 1. The molecule has 1 amide bonds. The number of hydrogen-bond acceptors (Lipinski definition) is 10. The topological polar surface area (TPSA) is 135 Å². The number of likely N-dealkylation sites (N-methyl/N-ethyl adjacent to an activating group) is 1. The Balaban J connectivity index is 0.000000381. The number of hydrogen-bond donors (Lipinski definition) is 1. The maximum Gasteiger partial charge on any atom is 0.318 e. The minimum atomic E-state index is -0.518. The molecule has 0 radical (unpaired) electrons. The maximum absolute atomic E-state index is 14.7. The van der Waals surface area contributed by atoms with Crippen molar-refractivity contribution >= 4 is 49.1 Å². The number of methoxy groups -OCH3 is 1. The maximum atomic E-state index is 14.7. The van der Waals surface area contributed by atoms with E-state index in [1.165, 1.54) is 32.1 Å². The smallest absolute Gasteiger partial charge is 0.318 e. The van der Waals surface area contributed by atoms with Crippen LogP contribution in [0.5, 0.6) is 6.01 Å². The lowest BCUT2D eigenvalue weighted by atomic mass is 9.93. The van der Waals surface area contributed by atoms with Crippen LogP contribution >= 0.6 is 11.3 Å². The number of anilines is 2. The number of amides is 1. The number of rotatable bonds is 5. The molecule has 48 heavy (non-hydrogen) atoms. The van der Waals surface area contributed by atoms with E-state index >= 15 is 0 Å². The molecule has 4 aromatic rings. The summed E-state index contributed by atoms with van der Waals surface area (Å²) in [5.41, 5.74) is 7.77. The van der Waals surface area contributed by atoms with Gasteiger partial charge in [0, 0.05) is 48.6 Å². The number of ether oxygens (including phenoxy) is 1. The lowest BCUT2D eigenvalue weighted by Crippen LogP contribution is -2.43. The number of halogens is 2. The van der Waals surface area contributed by atoms with Gasteiger partial charge in [-0.15, -0.1) is 11.3 Å². The van der Waals surface area contributed by atoms with Gasteiger partial charge in [-0.1, -0.05) is 18.7 Å². The number of aromatic nitrogens is 2. The number of nitriles is 2. The van der Waals surface area contributed by atoms with Gasteiger partial charge in [-0.25, -0.2) is 8.78 Å². The van der Waals surface area contributed by atoms with Gasteiger partial charge in [0.05, 0.1) is 34.5 Å². The number of nitrogens with zero attached hydrogens (tertiary/aromatic N) is 7. The summed E-state index contributed by atoms with van der Waals surface area (Å²) in [7, 11) is 3.33. The first-order chi connectivity index (χ1) is 23.1. The molecule has 0 bridgehead atoms. The normalized spacial score (nSPS) is 21.8. The molecule has 0 spiro atoms. The molecule has 0 aliphatic carbocycles. The van der Waals surface area contributed by atoms with Crippen LogP contribution in [0.4, 0.5) is 19.6 Å². The van der Waals surface area contributed by atoms with Crippen molar-refractivity contribution in [3.63, 3.8) is 0 Å². The van der Waals surface area contributed by atoms with E-state index in [1.54, 1.807) is 23.1 Å². The summed E-state index contributed by atoms with van der Waals surface area (Å²) in [5.74, 6) is -0.0726. The first-order valence-corrected chi connectivity index (χ1v) is 16.7. The van der Waals surface area contributed by atoms with Gasteiger partial charge in [0.15, 0.2) is 0 Å². The van der Waals surface area contributed by atoms with Gasteiger partial charge >= 0.3 is 6.01 Å². The highest BCUT2D eigenvalue weighted by Crippen LogP contribution is 2.43. The van der Waals surface area contributed by atoms with Crippen LogP contribution in [0.2, 0.25) is 0 Å². The van der Waals surface area contributed by atoms with Gasteiger partial charge in [0.1, 0.15) is 34.9 Å². The standard InChI is InChI=1S/C28H24FN7O2S.C7H12FN/c1-5-22(37)36-11-10-21(14(36)2)35(3)27-17-7-6-15(18(12-30)24(17)33-28(34-27)38-4)16-8-9-20(29)25-23(16)19(13-31)26(32)39-25;8-6-4-7-2-1-3-9(7)5-6/h5-9,14,21H,1,10-11,32H2,2-4H3;6-7H,1-5H2/t14-,21-;/m1./s1. The zero-order valence-electron chi connectivity index (χ0n) is 27.0. The Hall–Kier alpha value is -4.85. The second-order valence-electron chi connectivity index (χ2n) is 12.3. The van der Waals surface area contributed by atoms with Crippen LogP contribution < -0.4 is 15.4 Å². The van der Waals surface area contributed by atoms with E-state index in [2.05, 4.69) is 33.6 Å². The fourth-order valence-electron chi connectivity index (χ4n) is 7.43. The SMILES string of the molecule is C=CC(=O)N1CC[C@@H](N(C)c2nc(OC)nc3c(C#N)c(-c4ccc(F)c5sc(N)c(C#N)c45)ccc23)[C@H]1C.FC1CC2CCCN2C1. The van der Waals surface area contributed by atoms with Crippen molar-refractivity contribution in [2.75, 3.05) is 44.4 Å². The third-order valence-electron chi connectivity index (χ3n) is 9.81. The van der Waals surface area contributed by atoms with Gasteiger partial charge in [0.2, 0.25) is 5.91 Å². The van der Waals surface area contributed by atoms with E-state index in [0.29, 0.717) is 52.4 Å². The van der Waals surface area contributed by atoms with E-state index < -0.39 is 12.0 Å². The van der Waals surface area contributed by atoms with Crippen molar-refractivity contribution < 1.29 is 18.3 Å². The largest absolute Gasteiger partial charge is 0.467 e. The van der Waals surface area contributed by atoms with Crippen molar-refractivity contribution in [3.8, 4) is 29.3 Å². The highest BCUT2D eigenvalue weighted by atomic mass is 32.1. The van der Waals surface area contributed by atoms with Gasteiger partial charge in [-0.3, -0.25) is 9.69 Å². The molecule has 3 saturated heterocycles. The fraction of sp³-hybridized carbons (Fsp3) is 0.400. The first kappa shape index (κ1) is 33.1.